The van der Waals surface area contributed by atoms with Crippen LogP contribution in [0.2, 0.25) is 0 Å². The Morgan fingerprint density at radius 1 is 0.906 bits per heavy atom. The Balaban J connectivity index is 1.45. The Labute approximate surface area is 182 Å². The molecule has 32 heavy (non-hydrogen) atoms. The lowest BCUT2D eigenvalue weighted by molar-refractivity contribution is -0.119. The van der Waals surface area contributed by atoms with Gasteiger partial charge in [-0.1, -0.05) is 36.4 Å². The van der Waals surface area contributed by atoms with E-state index in [4.69, 9.17) is 9.15 Å². The molecular formula is C25H17N3O4. The molecule has 7 heteroatoms. The average molecular weight is 423 g/mol. The van der Waals surface area contributed by atoms with E-state index in [-0.39, 0.29) is 0 Å². The molecule has 0 fully saturated rings. The summed E-state index contributed by atoms with van der Waals surface area (Å²) in [5.74, 6) is -0.638. The number of nitrogens with one attached hydrogen (secondary N) is 1. The molecule has 1 amide bonds. The number of aromatic nitrogens is 2. The van der Waals surface area contributed by atoms with E-state index in [1.807, 2.05) is 48.5 Å². The normalized spacial score (nSPS) is 10.9. The largest absolute Gasteiger partial charge is 0.452 e. The van der Waals surface area contributed by atoms with Gasteiger partial charge in [-0.2, -0.15) is 0 Å². The Morgan fingerprint density at radius 3 is 2.50 bits per heavy atom. The number of hydrogen-bond acceptors (Lipinski definition) is 6. The van der Waals surface area contributed by atoms with Crippen molar-refractivity contribution in [1.29, 1.82) is 0 Å². The smallest absolute Gasteiger partial charge is 0.339 e. The van der Waals surface area contributed by atoms with Crippen LogP contribution in [0.3, 0.4) is 0 Å². The van der Waals surface area contributed by atoms with E-state index in [1.165, 1.54) is 0 Å². The van der Waals surface area contributed by atoms with Crippen molar-refractivity contribution in [3.05, 3.63) is 90.8 Å². The minimum Gasteiger partial charge on any atom is -0.452 e. The molecule has 0 saturated heterocycles. The van der Waals surface area contributed by atoms with Crippen LogP contribution in [-0.4, -0.2) is 28.5 Å². The number of para-hydroxylation sites is 2. The molecule has 0 bridgehead atoms. The first-order valence-electron chi connectivity index (χ1n) is 9.94. The van der Waals surface area contributed by atoms with Crippen LogP contribution in [0.5, 0.6) is 0 Å². The van der Waals surface area contributed by atoms with Crippen molar-refractivity contribution in [3.63, 3.8) is 0 Å². The van der Waals surface area contributed by atoms with Crippen molar-refractivity contribution in [1.82, 2.24) is 9.97 Å². The second-order valence-corrected chi connectivity index (χ2v) is 7.06. The number of carbonyl (C=O) groups is 2. The summed E-state index contributed by atoms with van der Waals surface area (Å²) in [5.41, 5.74) is 2.97. The first-order valence-corrected chi connectivity index (χ1v) is 9.94. The number of ether oxygens (including phenoxy) is 1. The number of benzene rings is 3. The number of esters is 1. The van der Waals surface area contributed by atoms with E-state index < -0.39 is 18.5 Å². The summed E-state index contributed by atoms with van der Waals surface area (Å²) in [5, 5.41) is 4.14. The number of amides is 1. The van der Waals surface area contributed by atoms with E-state index >= 15 is 0 Å². The molecular weight excluding hydrogens is 406 g/mol. The number of pyridine rings is 1. The minimum absolute atomic E-state index is 0.331. The third-order valence-electron chi connectivity index (χ3n) is 4.95. The van der Waals surface area contributed by atoms with Gasteiger partial charge in [0.15, 0.2) is 12.2 Å². The van der Waals surface area contributed by atoms with Gasteiger partial charge in [-0.25, -0.2) is 9.78 Å². The van der Waals surface area contributed by atoms with Gasteiger partial charge in [-0.3, -0.25) is 9.78 Å². The Hall–Kier alpha value is -4.52. The Bertz CT molecular complexity index is 1410. The van der Waals surface area contributed by atoms with E-state index in [0.29, 0.717) is 33.7 Å². The third-order valence-corrected chi connectivity index (χ3v) is 4.95. The highest BCUT2D eigenvalue weighted by atomic mass is 16.5. The highest BCUT2D eigenvalue weighted by molar-refractivity contribution is 6.10. The molecule has 156 valence electrons. The van der Waals surface area contributed by atoms with Gasteiger partial charge in [-0.05, 0) is 41.8 Å². The van der Waals surface area contributed by atoms with Crippen LogP contribution in [0.4, 0.5) is 5.69 Å². The van der Waals surface area contributed by atoms with Crippen molar-refractivity contribution in [2.45, 2.75) is 0 Å². The molecule has 2 aromatic heterocycles. The second-order valence-electron chi connectivity index (χ2n) is 7.06. The van der Waals surface area contributed by atoms with Crippen LogP contribution < -0.4 is 5.32 Å². The maximum absolute atomic E-state index is 12.9. The SMILES string of the molecule is O=C(COC(=O)c1cccc2cccc(-c3nc4ccccc4o3)c12)Nc1ccncc1. The predicted octanol–water partition coefficient (Wildman–Crippen LogP) is 4.84. The maximum Gasteiger partial charge on any atom is 0.339 e. The minimum atomic E-state index is -0.607. The molecule has 1 N–H and O–H groups in total. The zero-order valence-corrected chi connectivity index (χ0v) is 16.8. The molecule has 2 heterocycles. The number of hydrogen-bond donors (Lipinski definition) is 1. The van der Waals surface area contributed by atoms with Gasteiger partial charge < -0.3 is 14.5 Å². The molecule has 5 aromatic rings. The molecule has 0 aliphatic rings. The molecule has 0 saturated carbocycles. The highest BCUT2D eigenvalue weighted by Gasteiger charge is 2.19. The number of nitrogens with zero attached hydrogens (tertiary/aromatic N) is 2. The summed E-state index contributed by atoms with van der Waals surface area (Å²) in [7, 11) is 0. The molecule has 3 aromatic carbocycles. The van der Waals surface area contributed by atoms with Crippen LogP contribution in [0.15, 0.2) is 89.6 Å². The summed E-state index contributed by atoms with van der Waals surface area (Å²) in [6.07, 6.45) is 3.12. The highest BCUT2D eigenvalue weighted by Crippen LogP contribution is 2.33. The lowest BCUT2D eigenvalue weighted by Crippen LogP contribution is -2.21. The van der Waals surface area contributed by atoms with E-state index in [0.717, 1.165) is 10.9 Å². The van der Waals surface area contributed by atoms with Crippen LogP contribution in [0.1, 0.15) is 10.4 Å². The number of carbonyl (C=O) groups excluding carboxylic acids is 2. The van der Waals surface area contributed by atoms with E-state index in [2.05, 4.69) is 15.3 Å². The third kappa shape index (κ3) is 3.79. The Kier molecular flexibility index (Phi) is 5.05. The summed E-state index contributed by atoms with van der Waals surface area (Å²) in [6.45, 7) is -0.414. The predicted molar refractivity (Wildman–Crippen MR) is 120 cm³/mol. The molecule has 0 aliphatic carbocycles. The van der Waals surface area contributed by atoms with Crippen LogP contribution in [-0.2, 0) is 9.53 Å². The molecule has 0 unspecified atom stereocenters. The lowest BCUT2D eigenvalue weighted by Gasteiger charge is -2.10. The quantitative estimate of drug-likeness (QED) is 0.407. The summed E-state index contributed by atoms with van der Waals surface area (Å²) < 4.78 is 11.2. The van der Waals surface area contributed by atoms with Gasteiger partial charge in [0.05, 0.1) is 5.56 Å². The monoisotopic (exact) mass is 423 g/mol. The van der Waals surface area contributed by atoms with Crippen molar-refractivity contribution in [3.8, 4) is 11.5 Å². The summed E-state index contributed by atoms with van der Waals surface area (Å²) in [4.78, 5) is 33.5. The zero-order valence-electron chi connectivity index (χ0n) is 16.8. The summed E-state index contributed by atoms with van der Waals surface area (Å²) >= 11 is 0. The van der Waals surface area contributed by atoms with Crippen LogP contribution in [0.25, 0.3) is 33.3 Å². The fraction of sp³-hybridized carbons (Fsp3) is 0.0400. The molecule has 0 radical (unpaired) electrons. The van der Waals surface area contributed by atoms with Gasteiger partial charge in [0, 0.05) is 29.0 Å². The molecule has 0 aliphatic heterocycles. The molecule has 5 rings (SSSR count). The fourth-order valence-electron chi connectivity index (χ4n) is 3.52. The summed E-state index contributed by atoms with van der Waals surface area (Å²) in [6, 6.07) is 21.7. The van der Waals surface area contributed by atoms with Gasteiger partial charge in [-0.15, -0.1) is 0 Å². The number of anilines is 1. The van der Waals surface area contributed by atoms with E-state index in [9.17, 15) is 9.59 Å². The van der Waals surface area contributed by atoms with Crippen LogP contribution >= 0.6 is 0 Å². The van der Waals surface area contributed by atoms with Crippen molar-refractivity contribution >= 4 is 39.4 Å². The lowest BCUT2D eigenvalue weighted by atomic mass is 9.99. The topological polar surface area (TPSA) is 94.3 Å². The number of oxazole rings is 1. The van der Waals surface area contributed by atoms with E-state index in [1.54, 1.807) is 36.7 Å². The van der Waals surface area contributed by atoms with Gasteiger partial charge >= 0.3 is 5.97 Å². The maximum atomic E-state index is 12.9. The first kappa shape index (κ1) is 19.4. The van der Waals surface area contributed by atoms with Crippen molar-refractivity contribution in [2.24, 2.45) is 0 Å². The average Bonchev–Trinajstić information content (AvgIpc) is 3.26. The number of fused-ring (bicyclic) bond motifs is 2. The molecule has 0 atom stereocenters. The van der Waals surface area contributed by atoms with Gasteiger partial charge in [0.1, 0.15) is 5.52 Å². The second kappa shape index (κ2) is 8.31. The van der Waals surface area contributed by atoms with Crippen molar-refractivity contribution < 1.29 is 18.7 Å². The van der Waals surface area contributed by atoms with Gasteiger partial charge in [0.2, 0.25) is 5.89 Å². The fourth-order valence-corrected chi connectivity index (χ4v) is 3.52. The van der Waals surface area contributed by atoms with Crippen molar-refractivity contribution in [2.75, 3.05) is 11.9 Å². The number of rotatable bonds is 5. The Morgan fingerprint density at radius 2 is 1.69 bits per heavy atom. The zero-order chi connectivity index (χ0) is 21.9. The van der Waals surface area contributed by atoms with Crippen LogP contribution in [0, 0.1) is 0 Å². The standard InChI is InChI=1S/C25H17N3O4/c29-22(27-17-11-13-26-14-12-17)15-31-25(30)19-8-4-6-16-5-3-7-18(23(16)19)24-28-20-9-1-2-10-21(20)32-24/h1-14H,15H2,(H,26,27,29). The first-order chi connectivity index (χ1) is 15.7. The molecule has 0 spiro atoms. The molecule has 7 nitrogen and oxygen atoms in total. The van der Waals surface area contributed by atoms with Gasteiger partial charge in [0.25, 0.3) is 5.91 Å².